The molecule has 3 aromatic carbocycles. The van der Waals surface area contributed by atoms with Crippen LogP contribution in [0, 0.1) is 0 Å². The van der Waals surface area contributed by atoms with Crippen molar-refractivity contribution in [1.29, 1.82) is 0 Å². The van der Waals surface area contributed by atoms with Crippen LogP contribution in [0.5, 0.6) is 17.2 Å². The zero-order chi connectivity index (χ0) is 26.7. The van der Waals surface area contributed by atoms with Crippen molar-refractivity contribution in [2.24, 2.45) is 14.1 Å². The molecule has 4 aromatic rings. The number of imidazole rings is 1. The van der Waals surface area contributed by atoms with Gasteiger partial charge in [-0.25, -0.2) is 13.2 Å². The molecule has 194 valence electrons. The van der Waals surface area contributed by atoms with Crippen LogP contribution in [-0.4, -0.2) is 29.9 Å². The SMILES string of the molecule is CCCOc1cccc(Oc2cc3c(cc2NS(=O)(=O)c2cccc(C(=O)CC)c2)n(C)c(=O)n3C)c1. The standard InChI is InChI=1S/C27H29N3O6S/c1-5-13-35-19-10-8-11-20(15-19)36-26-17-24-23(29(3)27(32)30(24)4)16-22(26)28-37(33,34)21-12-7-9-18(14-21)25(31)6-2/h7-12,14-17,28H,5-6,13H2,1-4H3. The molecule has 0 aliphatic heterocycles. The minimum absolute atomic E-state index is 0.0604. The van der Waals surface area contributed by atoms with Crippen molar-refractivity contribution >= 4 is 32.5 Å². The maximum atomic E-state index is 13.4. The Kier molecular flexibility index (Phi) is 7.40. The minimum atomic E-state index is -4.10. The van der Waals surface area contributed by atoms with Gasteiger partial charge in [0.25, 0.3) is 10.0 Å². The van der Waals surface area contributed by atoms with E-state index in [2.05, 4.69) is 4.72 Å². The van der Waals surface area contributed by atoms with Crippen molar-refractivity contribution in [3.63, 3.8) is 0 Å². The van der Waals surface area contributed by atoms with Crippen LogP contribution < -0.4 is 19.9 Å². The van der Waals surface area contributed by atoms with Gasteiger partial charge in [-0.05, 0) is 36.8 Å². The highest BCUT2D eigenvalue weighted by molar-refractivity contribution is 7.92. The average Bonchev–Trinajstić information content (AvgIpc) is 3.10. The van der Waals surface area contributed by atoms with Crippen LogP contribution >= 0.6 is 0 Å². The number of ether oxygens (including phenoxy) is 2. The molecule has 0 amide bonds. The number of sulfonamides is 1. The summed E-state index contributed by atoms with van der Waals surface area (Å²) in [4.78, 5) is 24.6. The predicted octanol–water partition coefficient (Wildman–Crippen LogP) is 4.85. The van der Waals surface area contributed by atoms with Crippen LogP contribution in [0.4, 0.5) is 5.69 Å². The van der Waals surface area contributed by atoms with Gasteiger partial charge in [0.1, 0.15) is 11.5 Å². The monoisotopic (exact) mass is 523 g/mol. The molecule has 0 atom stereocenters. The number of aromatic nitrogens is 2. The number of ketones is 1. The van der Waals surface area contributed by atoms with Gasteiger partial charge in [-0.3, -0.25) is 18.7 Å². The number of fused-ring (bicyclic) bond motifs is 1. The van der Waals surface area contributed by atoms with E-state index in [0.29, 0.717) is 34.7 Å². The fourth-order valence-electron chi connectivity index (χ4n) is 3.91. The molecule has 4 rings (SSSR count). The number of anilines is 1. The first-order chi connectivity index (χ1) is 17.6. The van der Waals surface area contributed by atoms with Crippen LogP contribution in [0.2, 0.25) is 0 Å². The third kappa shape index (κ3) is 5.39. The van der Waals surface area contributed by atoms with E-state index >= 15 is 0 Å². The molecule has 1 N–H and O–H groups in total. The summed E-state index contributed by atoms with van der Waals surface area (Å²) in [5.41, 5.74) is 1.28. The molecular weight excluding hydrogens is 494 g/mol. The molecular formula is C27H29N3O6S. The summed E-state index contributed by atoms with van der Waals surface area (Å²) in [6.45, 7) is 4.27. The van der Waals surface area contributed by atoms with Crippen LogP contribution in [0.3, 0.4) is 0 Å². The van der Waals surface area contributed by atoms with Crippen LogP contribution in [0.15, 0.2) is 70.4 Å². The molecule has 37 heavy (non-hydrogen) atoms. The summed E-state index contributed by atoms with van der Waals surface area (Å²) in [7, 11) is -0.857. The highest BCUT2D eigenvalue weighted by Gasteiger charge is 2.21. The molecule has 0 aliphatic carbocycles. The van der Waals surface area contributed by atoms with E-state index in [4.69, 9.17) is 9.47 Å². The summed E-state index contributed by atoms with van der Waals surface area (Å²) < 4.78 is 44.0. The van der Waals surface area contributed by atoms with Gasteiger partial charge in [0.05, 0.1) is 28.2 Å². The Balaban J connectivity index is 1.79. The number of nitrogens with one attached hydrogen (secondary N) is 1. The summed E-state index contributed by atoms with van der Waals surface area (Å²) in [6.07, 6.45) is 1.11. The second-order valence-electron chi connectivity index (χ2n) is 8.57. The van der Waals surface area contributed by atoms with E-state index in [1.807, 2.05) is 6.92 Å². The zero-order valence-electron chi connectivity index (χ0n) is 21.1. The number of rotatable bonds is 10. The zero-order valence-corrected chi connectivity index (χ0v) is 22.0. The number of nitrogens with zero attached hydrogens (tertiary/aromatic N) is 2. The average molecular weight is 524 g/mol. The minimum Gasteiger partial charge on any atom is -0.493 e. The van der Waals surface area contributed by atoms with Crippen LogP contribution in [0.25, 0.3) is 11.0 Å². The molecule has 0 saturated carbocycles. The number of benzene rings is 3. The first-order valence-corrected chi connectivity index (χ1v) is 13.4. The van der Waals surface area contributed by atoms with E-state index < -0.39 is 10.0 Å². The van der Waals surface area contributed by atoms with Gasteiger partial charge in [0, 0.05) is 38.2 Å². The Morgan fingerprint density at radius 1 is 0.919 bits per heavy atom. The molecule has 0 spiro atoms. The molecule has 9 nitrogen and oxygen atoms in total. The topological polar surface area (TPSA) is 109 Å². The Bertz CT molecular complexity index is 1640. The lowest BCUT2D eigenvalue weighted by molar-refractivity contribution is 0.0988. The van der Waals surface area contributed by atoms with Crippen molar-refractivity contribution in [2.75, 3.05) is 11.3 Å². The number of aryl methyl sites for hydroxylation is 2. The number of Topliss-reactive ketones (excluding diaryl/α,β-unsaturated/α-hetero) is 1. The lowest BCUT2D eigenvalue weighted by Gasteiger charge is -2.15. The van der Waals surface area contributed by atoms with E-state index in [1.165, 1.54) is 27.3 Å². The fraction of sp³-hybridized carbons (Fsp3) is 0.259. The maximum absolute atomic E-state index is 13.4. The summed E-state index contributed by atoms with van der Waals surface area (Å²) >= 11 is 0. The molecule has 0 aliphatic rings. The van der Waals surface area contributed by atoms with E-state index in [0.717, 1.165) is 6.42 Å². The van der Waals surface area contributed by atoms with E-state index in [-0.39, 0.29) is 34.2 Å². The van der Waals surface area contributed by atoms with E-state index in [9.17, 15) is 18.0 Å². The number of carbonyl (C=O) groups is 1. The summed E-state index contributed by atoms with van der Waals surface area (Å²) in [5, 5.41) is 0. The van der Waals surface area contributed by atoms with Crippen molar-refractivity contribution in [3.05, 3.63) is 76.7 Å². The lowest BCUT2D eigenvalue weighted by Crippen LogP contribution is -2.19. The molecule has 0 bridgehead atoms. The Hall–Kier alpha value is -4.05. The van der Waals surface area contributed by atoms with Crippen molar-refractivity contribution < 1.29 is 22.7 Å². The van der Waals surface area contributed by atoms with Gasteiger partial charge < -0.3 is 9.47 Å². The molecule has 0 unspecified atom stereocenters. The smallest absolute Gasteiger partial charge is 0.328 e. The lowest BCUT2D eigenvalue weighted by atomic mass is 10.1. The Labute approximate surface area is 215 Å². The molecule has 1 heterocycles. The molecule has 10 heteroatoms. The summed E-state index contributed by atoms with van der Waals surface area (Å²) in [5.74, 6) is 1.09. The highest BCUT2D eigenvalue weighted by Crippen LogP contribution is 2.36. The second-order valence-corrected chi connectivity index (χ2v) is 10.3. The Morgan fingerprint density at radius 3 is 2.30 bits per heavy atom. The van der Waals surface area contributed by atoms with Gasteiger partial charge in [0.2, 0.25) is 0 Å². The molecule has 0 saturated heterocycles. The quantitative estimate of drug-likeness (QED) is 0.298. The van der Waals surface area contributed by atoms with Crippen LogP contribution in [-0.2, 0) is 24.1 Å². The first kappa shape index (κ1) is 26.0. The van der Waals surface area contributed by atoms with Gasteiger partial charge in [0.15, 0.2) is 11.5 Å². The summed E-state index contributed by atoms with van der Waals surface area (Å²) in [6, 6.07) is 16.1. The third-order valence-electron chi connectivity index (χ3n) is 5.91. The van der Waals surface area contributed by atoms with Gasteiger partial charge in [-0.2, -0.15) is 0 Å². The maximum Gasteiger partial charge on any atom is 0.328 e. The third-order valence-corrected chi connectivity index (χ3v) is 7.27. The Morgan fingerprint density at radius 2 is 1.59 bits per heavy atom. The van der Waals surface area contributed by atoms with Crippen LogP contribution in [0.1, 0.15) is 37.0 Å². The number of carbonyl (C=O) groups excluding carboxylic acids is 1. The van der Waals surface area contributed by atoms with E-state index in [1.54, 1.807) is 63.5 Å². The normalized spacial score (nSPS) is 11.5. The predicted molar refractivity (Wildman–Crippen MR) is 142 cm³/mol. The van der Waals surface area contributed by atoms with Crippen molar-refractivity contribution in [2.45, 2.75) is 31.6 Å². The molecule has 0 radical (unpaired) electrons. The fourth-order valence-corrected chi connectivity index (χ4v) is 5.02. The van der Waals surface area contributed by atoms with Gasteiger partial charge in [-0.1, -0.05) is 32.0 Å². The first-order valence-electron chi connectivity index (χ1n) is 11.9. The molecule has 0 fully saturated rings. The largest absolute Gasteiger partial charge is 0.493 e. The molecule has 1 aromatic heterocycles. The van der Waals surface area contributed by atoms with Gasteiger partial charge >= 0.3 is 5.69 Å². The number of hydrogen-bond donors (Lipinski definition) is 1. The van der Waals surface area contributed by atoms with Crippen molar-refractivity contribution in [3.8, 4) is 17.2 Å². The van der Waals surface area contributed by atoms with Gasteiger partial charge in [-0.15, -0.1) is 0 Å². The van der Waals surface area contributed by atoms with Crippen molar-refractivity contribution in [1.82, 2.24) is 9.13 Å². The number of hydrogen-bond acceptors (Lipinski definition) is 6. The second kappa shape index (κ2) is 10.5. The highest BCUT2D eigenvalue weighted by atomic mass is 32.2.